The quantitative estimate of drug-likeness (QED) is 0.935. The van der Waals surface area contributed by atoms with Crippen molar-refractivity contribution in [1.82, 2.24) is 9.27 Å². The minimum Gasteiger partial charge on any atom is -0.331 e. The number of carbonyl (C=O) groups is 1. The van der Waals surface area contributed by atoms with E-state index >= 15 is 0 Å². The Balaban J connectivity index is 1.78. The van der Waals surface area contributed by atoms with E-state index in [0.717, 1.165) is 29.9 Å². The first-order valence-electron chi connectivity index (χ1n) is 7.08. The van der Waals surface area contributed by atoms with Crippen LogP contribution in [0, 0.1) is 0 Å². The first-order chi connectivity index (χ1) is 10.7. The summed E-state index contributed by atoms with van der Waals surface area (Å²) < 4.78 is 2.50. The van der Waals surface area contributed by atoms with Gasteiger partial charge in [-0.3, -0.25) is 14.0 Å². The smallest absolute Gasteiger partial charge is 0.277 e. The Hall–Kier alpha value is -1.85. The lowest BCUT2D eigenvalue weighted by atomic mass is 10.1. The molecule has 1 aromatic carbocycles. The lowest BCUT2D eigenvalue weighted by Gasteiger charge is -2.21. The molecule has 1 saturated heterocycles. The van der Waals surface area contributed by atoms with Crippen molar-refractivity contribution < 1.29 is 4.79 Å². The molecule has 1 aliphatic rings. The molecule has 22 heavy (non-hydrogen) atoms. The fraction of sp³-hybridized carbons (Fsp3) is 0.250. The van der Waals surface area contributed by atoms with Crippen molar-refractivity contribution in [2.75, 3.05) is 6.54 Å². The van der Waals surface area contributed by atoms with Crippen molar-refractivity contribution in [1.29, 1.82) is 0 Å². The van der Waals surface area contributed by atoms with Crippen LogP contribution in [0.1, 0.15) is 28.1 Å². The molecule has 3 rings (SSSR count). The third-order valence-corrected chi connectivity index (χ3v) is 5.05. The highest BCUT2D eigenvalue weighted by Crippen LogP contribution is 2.25. The van der Waals surface area contributed by atoms with Crippen molar-refractivity contribution in [2.24, 2.45) is 0 Å². The van der Waals surface area contributed by atoms with E-state index in [1.165, 1.54) is 0 Å². The van der Waals surface area contributed by atoms with E-state index in [1.54, 1.807) is 4.90 Å². The number of nitrogens with one attached hydrogen (secondary N) is 1. The van der Waals surface area contributed by atoms with Gasteiger partial charge in [0.25, 0.3) is 11.5 Å². The van der Waals surface area contributed by atoms with Gasteiger partial charge in [0.2, 0.25) is 0 Å². The second-order valence-electron chi connectivity index (χ2n) is 5.15. The van der Waals surface area contributed by atoms with E-state index in [1.807, 2.05) is 42.5 Å². The van der Waals surface area contributed by atoms with Crippen LogP contribution in [0.15, 0.2) is 41.2 Å². The minimum absolute atomic E-state index is 0.00677. The highest BCUT2D eigenvalue weighted by molar-refractivity contribution is 7.08. The zero-order valence-corrected chi connectivity index (χ0v) is 13.4. The van der Waals surface area contributed by atoms with Crippen molar-refractivity contribution in [3.8, 4) is 0 Å². The van der Waals surface area contributed by atoms with Gasteiger partial charge in [-0.1, -0.05) is 65.6 Å². The topological polar surface area (TPSA) is 53.2 Å². The maximum atomic E-state index is 12.6. The van der Waals surface area contributed by atoms with Crippen molar-refractivity contribution in [3.05, 3.63) is 62.2 Å². The molecule has 4 nitrogen and oxygen atoms in total. The highest BCUT2D eigenvalue weighted by atomic mass is 35.5. The molecule has 1 unspecified atom stereocenters. The SMILES string of the molecule is O=C(c1s[nH]c(=O)c1Cl)N1CCCC1/C=C/c1ccccc1. The number of carbonyl (C=O) groups excluding carboxylic acids is 1. The number of benzene rings is 1. The molecule has 0 radical (unpaired) electrons. The molecular formula is C16H15ClN2O2S. The summed E-state index contributed by atoms with van der Waals surface area (Å²) in [5.41, 5.74) is 0.705. The Morgan fingerprint density at radius 2 is 2.14 bits per heavy atom. The molecule has 0 bridgehead atoms. The summed E-state index contributed by atoms with van der Waals surface area (Å²) in [5, 5.41) is -0.00677. The molecule has 1 N–H and O–H groups in total. The van der Waals surface area contributed by atoms with Gasteiger partial charge in [0.1, 0.15) is 9.90 Å². The summed E-state index contributed by atoms with van der Waals surface area (Å²) in [6, 6.07) is 10.0. The van der Waals surface area contributed by atoms with Crippen LogP contribution in [-0.2, 0) is 0 Å². The lowest BCUT2D eigenvalue weighted by molar-refractivity contribution is 0.0767. The van der Waals surface area contributed by atoms with Crippen molar-refractivity contribution >= 4 is 35.1 Å². The fourth-order valence-electron chi connectivity index (χ4n) is 2.59. The molecule has 114 valence electrons. The molecular weight excluding hydrogens is 320 g/mol. The van der Waals surface area contributed by atoms with Crippen LogP contribution < -0.4 is 5.56 Å². The van der Waals surface area contributed by atoms with Crippen LogP contribution in [0.3, 0.4) is 0 Å². The average Bonchev–Trinajstić information content (AvgIpc) is 3.14. The van der Waals surface area contributed by atoms with Crippen LogP contribution in [0.25, 0.3) is 6.08 Å². The second-order valence-corrected chi connectivity index (χ2v) is 6.35. The van der Waals surface area contributed by atoms with Gasteiger partial charge in [-0.2, -0.15) is 0 Å². The first kappa shape index (κ1) is 15.1. The van der Waals surface area contributed by atoms with Gasteiger partial charge in [0.15, 0.2) is 0 Å². The minimum atomic E-state index is -0.398. The largest absolute Gasteiger partial charge is 0.331 e. The predicted molar refractivity (Wildman–Crippen MR) is 89.5 cm³/mol. The van der Waals surface area contributed by atoms with Crippen LogP contribution in [0.5, 0.6) is 0 Å². The summed E-state index contributed by atoms with van der Waals surface area (Å²) >= 11 is 6.91. The van der Waals surface area contributed by atoms with Gasteiger partial charge in [-0.05, 0) is 18.4 Å². The molecule has 1 aliphatic heterocycles. The van der Waals surface area contributed by atoms with E-state index in [2.05, 4.69) is 4.37 Å². The number of halogens is 1. The second kappa shape index (κ2) is 6.50. The number of hydrogen-bond acceptors (Lipinski definition) is 3. The monoisotopic (exact) mass is 334 g/mol. The molecule has 6 heteroatoms. The molecule has 0 saturated carbocycles. The van der Waals surface area contributed by atoms with E-state index in [9.17, 15) is 9.59 Å². The number of aromatic nitrogens is 1. The fourth-order valence-corrected chi connectivity index (χ4v) is 3.57. The predicted octanol–water partition coefficient (Wildman–Crippen LogP) is 3.41. The van der Waals surface area contributed by atoms with Gasteiger partial charge in [-0.25, -0.2) is 0 Å². The van der Waals surface area contributed by atoms with Gasteiger partial charge < -0.3 is 4.90 Å². The highest BCUT2D eigenvalue weighted by Gasteiger charge is 2.30. The Kier molecular flexibility index (Phi) is 4.45. The lowest BCUT2D eigenvalue weighted by Crippen LogP contribution is -2.34. The molecule has 1 fully saturated rings. The Bertz CT molecular complexity index is 751. The number of rotatable bonds is 3. The number of amides is 1. The summed E-state index contributed by atoms with van der Waals surface area (Å²) in [6.45, 7) is 0.686. The van der Waals surface area contributed by atoms with Gasteiger partial charge in [-0.15, -0.1) is 0 Å². The average molecular weight is 335 g/mol. The molecule has 1 aromatic heterocycles. The molecule has 1 amide bonds. The molecule has 2 aromatic rings. The van der Waals surface area contributed by atoms with Crippen LogP contribution in [0.4, 0.5) is 0 Å². The first-order valence-corrected chi connectivity index (χ1v) is 8.27. The maximum absolute atomic E-state index is 12.6. The summed E-state index contributed by atoms with van der Waals surface area (Å²) in [5.74, 6) is -0.173. The van der Waals surface area contributed by atoms with Crippen LogP contribution in [-0.4, -0.2) is 27.8 Å². The Labute approximate surface area is 137 Å². The zero-order valence-electron chi connectivity index (χ0n) is 11.8. The van der Waals surface area contributed by atoms with E-state index < -0.39 is 5.56 Å². The normalized spacial score (nSPS) is 18.2. The number of hydrogen-bond donors (Lipinski definition) is 1. The summed E-state index contributed by atoms with van der Waals surface area (Å²) in [7, 11) is 0. The van der Waals surface area contributed by atoms with E-state index in [4.69, 9.17) is 11.6 Å². The van der Waals surface area contributed by atoms with E-state index in [-0.39, 0.29) is 17.0 Å². The van der Waals surface area contributed by atoms with Crippen molar-refractivity contribution in [2.45, 2.75) is 18.9 Å². The van der Waals surface area contributed by atoms with Crippen molar-refractivity contribution in [3.63, 3.8) is 0 Å². The number of H-pyrrole nitrogens is 1. The molecule has 0 spiro atoms. The summed E-state index contributed by atoms with van der Waals surface area (Å²) in [6.07, 6.45) is 5.94. The third-order valence-electron chi connectivity index (χ3n) is 3.71. The summed E-state index contributed by atoms with van der Waals surface area (Å²) in [4.78, 5) is 26.0. The molecule has 2 heterocycles. The molecule has 1 atom stereocenters. The Morgan fingerprint density at radius 3 is 2.82 bits per heavy atom. The molecule has 0 aliphatic carbocycles. The van der Waals surface area contributed by atoms with Gasteiger partial charge >= 0.3 is 0 Å². The van der Waals surface area contributed by atoms with Gasteiger partial charge in [0, 0.05) is 6.54 Å². The third kappa shape index (κ3) is 3.00. The van der Waals surface area contributed by atoms with E-state index in [0.29, 0.717) is 11.4 Å². The maximum Gasteiger partial charge on any atom is 0.277 e. The number of aromatic amines is 1. The van der Waals surface area contributed by atoms with Crippen LogP contribution >= 0.6 is 23.1 Å². The van der Waals surface area contributed by atoms with Gasteiger partial charge in [0.05, 0.1) is 6.04 Å². The standard InChI is InChI=1S/C16H15ClN2O2S/c17-13-14(22-18-15(13)20)16(21)19-10-4-7-12(19)9-8-11-5-2-1-3-6-11/h1-3,5-6,8-9,12H,4,7,10H2,(H,18,20)/b9-8+. The number of likely N-dealkylation sites (tertiary alicyclic amines) is 1. The number of nitrogens with zero attached hydrogens (tertiary/aromatic N) is 1. The van der Waals surface area contributed by atoms with Crippen LogP contribution in [0.2, 0.25) is 5.02 Å². The zero-order chi connectivity index (χ0) is 15.5. The Morgan fingerprint density at radius 1 is 1.36 bits per heavy atom.